The second-order valence-electron chi connectivity index (χ2n) is 3.24. The van der Waals surface area contributed by atoms with Gasteiger partial charge in [0.05, 0.1) is 7.11 Å². The van der Waals surface area contributed by atoms with Gasteiger partial charge in [-0.15, -0.1) is 0 Å². The van der Waals surface area contributed by atoms with E-state index in [1.54, 1.807) is 7.11 Å². The van der Waals surface area contributed by atoms with Crippen LogP contribution in [-0.4, -0.2) is 19.6 Å². The highest BCUT2D eigenvalue weighted by atomic mass is 16.5. The molecule has 1 aromatic carbocycles. The molecule has 0 aliphatic heterocycles. The molecule has 3 heteroatoms. The second kappa shape index (κ2) is 5.27. The normalized spacial score (nSPS) is 11.9. The number of benzene rings is 1. The van der Waals surface area contributed by atoms with Crippen LogP contribution in [0.4, 0.5) is 0 Å². The van der Waals surface area contributed by atoms with Crippen LogP contribution in [0.2, 0.25) is 0 Å². The maximum absolute atomic E-state index is 10.2. The number of methoxy groups -OCH3 is 1. The second-order valence-corrected chi connectivity index (χ2v) is 3.24. The van der Waals surface area contributed by atoms with Crippen LogP contribution in [0.15, 0.2) is 24.3 Å². The van der Waals surface area contributed by atoms with Crippen molar-refractivity contribution < 1.29 is 9.53 Å². The SMILES string of the molecule is COc1ccc(CC(C)NC=O)cc1. The molecular formula is C11H15NO2. The lowest BCUT2D eigenvalue weighted by Crippen LogP contribution is -2.26. The number of rotatable bonds is 5. The zero-order valence-electron chi connectivity index (χ0n) is 8.49. The number of carbonyl (C=O) groups is 1. The van der Waals surface area contributed by atoms with Crippen molar-refractivity contribution in [1.29, 1.82) is 0 Å². The van der Waals surface area contributed by atoms with Crippen molar-refractivity contribution in [3.05, 3.63) is 29.8 Å². The van der Waals surface area contributed by atoms with Crippen LogP contribution < -0.4 is 10.1 Å². The van der Waals surface area contributed by atoms with Crippen molar-refractivity contribution >= 4 is 6.41 Å². The van der Waals surface area contributed by atoms with Crippen molar-refractivity contribution in [2.45, 2.75) is 19.4 Å². The van der Waals surface area contributed by atoms with Crippen molar-refractivity contribution in [3.8, 4) is 5.75 Å². The molecule has 0 bridgehead atoms. The maximum Gasteiger partial charge on any atom is 0.207 e. The highest BCUT2D eigenvalue weighted by molar-refractivity contribution is 5.46. The molecule has 0 saturated carbocycles. The van der Waals surface area contributed by atoms with Gasteiger partial charge in [-0.1, -0.05) is 12.1 Å². The summed E-state index contributed by atoms with van der Waals surface area (Å²) in [6, 6.07) is 8.01. The lowest BCUT2D eigenvalue weighted by Gasteiger charge is -2.10. The fourth-order valence-electron chi connectivity index (χ4n) is 1.29. The van der Waals surface area contributed by atoms with Crippen molar-refractivity contribution in [1.82, 2.24) is 5.32 Å². The first kappa shape index (κ1) is 10.6. The van der Waals surface area contributed by atoms with Crippen LogP contribution in [0.5, 0.6) is 5.75 Å². The zero-order chi connectivity index (χ0) is 10.4. The molecule has 0 heterocycles. The number of carbonyl (C=O) groups excluding carboxylic acids is 1. The predicted molar refractivity (Wildman–Crippen MR) is 55.4 cm³/mol. The summed E-state index contributed by atoms with van der Waals surface area (Å²) in [5.74, 6) is 0.852. The van der Waals surface area contributed by atoms with Crippen LogP contribution >= 0.6 is 0 Å². The molecule has 76 valence electrons. The Balaban J connectivity index is 2.54. The van der Waals surface area contributed by atoms with E-state index in [-0.39, 0.29) is 6.04 Å². The van der Waals surface area contributed by atoms with Crippen LogP contribution in [0, 0.1) is 0 Å². The Morgan fingerprint density at radius 1 is 1.43 bits per heavy atom. The van der Waals surface area contributed by atoms with Gasteiger partial charge in [-0.2, -0.15) is 0 Å². The lowest BCUT2D eigenvalue weighted by atomic mass is 10.1. The average molecular weight is 193 g/mol. The molecule has 0 aromatic heterocycles. The van der Waals surface area contributed by atoms with Gasteiger partial charge in [0.25, 0.3) is 0 Å². The van der Waals surface area contributed by atoms with E-state index in [2.05, 4.69) is 5.32 Å². The number of hydrogen-bond donors (Lipinski definition) is 1. The summed E-state index contributed by atoms with van der Waals surface area (Å²) in [5, 5.41) is 2.71. The van der Waals surface area contributed by atoms with Crippen LogP contribution in [0.3, 0.4) is 0 Å². The Labute approximate surface area is 84.1 Å². The Morgan fingerprint density at radius 3 is 2.57 bits per heavy atom. The highest BCUT2D eigenvalue weighted by Crippen LogP contribution is 2.12. The first-order valence-electron chi connectivity index (χ1n) is 4.59. The summed E-state index contributed by atoms with van der Waals surface area (Å²) >= 11 is 0. The summed E-state index contributed by atoms with van der Waals surface area (Å²) in [7, 11) is 1.64. The molecule has 0 fully saturated rings. The van der Waals surface area contributed by atoms with Gasteiger partial charge in [0.15, 0.2) is 0 Å². The van der Waals surface area contributed by atoms with Crippen molar-refractivity contribution in [2.75, 3.05) is 7.11 Å². The molecule has 0 aliphatic rings. The third-order valence-electron chi connectivity index (χ3n) is 2.05. The number of hydrogen-bond acceptors (Lipinski definition) is 2. The quantitative estimate of drug-likeness (QED) is 0.717. The molecule has 1 unspecified atom stereocenters. The van der Waals surface area contributed by atoms with E-state index in [1.807, 2.05) is 31.2 Å². The van der Waals surface area contributed by atoms with E-state index in [1.165, 1.54) is 5.56 Å². The monoisotopic (exact) mass is 193 g/mol. The molecule has 0 aliphatic carbocycles. The standard InChI is InChI=1S/C11H15NO2/c1-9(12-8-13)7-10-3-5-11(14-2)6-4-10/h3-6,8-9H,7H2,1-2H3,(H,12,13). The number of nitrogens with one attached hydrogen (secondary N) is 1. The first-order valence-corrected chi connectivity index (χ1v) is 4.59. The summed E-state index contributed by atoms with van der Waals surface area (Å²) < 4.78 is 5.05. The Hall–Kier alpha value is -1.51. The van der Waals surface area contributed by atoms with Gasteiger partial charge in [0.1, 0.15) is 5.75 Å². The average Bonchev–Trinajstić information content (AvgIpc) is 2.19. The highest BCUT2D eigenvalue weighted by Gasteiger charge is 2.01. The molecule has 1 atom stereocenters. The molecule has 1 aromatic rings. The Kier molecular flexibility index (Phi) is 3.98. The van der Waals surface area contributed by atoms with E-state index in [9.17, 15) is 4.79 Å². The number of ether oxygens (including phenoxy) is 1. The van der Waals surface area contributed by atoms with Crippen LogP contribution in [-0.2, 0) is 11.2 Å². The van der Waals surface area contributed by atoms with Gasteiger partial charge >= 0.3 is 0 Å². The zero-order valence-corrected chi connectivity index (χ0v) is 8.49. The molecule has 1 N–H and O–H groups in total. The van der Waals surface area contributed by atoms with Gasteiger partial charge < -0.3 is 10.1 Å². The largest absolute Gasteiger partial charge is 0.497 e. The first-order chi connectivity index (χ1) is 6.76. The van der Waals surface area contributed by atoms with Crippen molar-refractivity contribution in [3.63, 3.8) is 0 Å². The van der Waals surface area contributed by atoms with Gasteiger partial charge in [0, 0.05) is 6.04 Å². The van der Waals surface area contributed by atoms with Gasteiger partial charge in [-0.3, -0.25) is 4.79 Å². The van der Waals surface area contributed by atoms with E-state index in [4.69, 9.17) is 4.74 Å². The number of amides is 1. The predicted octanol–water partition coefficient (Wildman–Crippen LogP) is 1.37. The van der Waals surface area contributed by atoms with Gasteiger partial charge in [-0.05, 0) is 31.0 Å². The smallest absolute Gasteiger partial charge is 0.207 e. The third-order valence-corrected chi connectivity index (χ3v) is 2.05. The van der Waals surface area contributed by atoms with E-state index < -0.39 is 0 Å². The van der Waals surface area contributed by atoms with Crippen molar-refractivity contribution in [2.24, 2.45) is 0 Å². The minimum absolute atomic E-state index is 0.167. The lowest BCUT2D eigenvalue weighted by molar-refractivity contribution is -0.110. The molecule has 0 radical (unpaired) electrons. The van der Waals surface area contributed by atoms with Gasteiger partial charge in [-0.25, -0.2) is 0 Å². The molecule has 1 rings (SSSR count). The minimum Gasteiger partial charge on any atom is -0.497 e. The summed E-state index contributed by atoms with van der Waals surface area (Å²) in [6.07, 6.45) is 1.57. The fourth-order valence-corrected chi connectivity index (χ4v) is 1.29. The fraction of sp³-hybridized carbons (Fsp3) is 0.364. The van der Waals surface area contributed by atoms with Crippen LogP contribution in [0.25, 0.3) is 0 Å². The Bertz CT molecular complexity index is 282. The summed E-state index contributed by atoms with van der Waals surface area (Å²) in [5.41, 5.74) is 1.19. The molecule has 1 amide bonds. The minimum atomic E-state index is 0.167. The molecule has 0 saturated heterocycles. The topological polar surface area (TPSA) is 38.3 Å². The molecule has 3 nitrogen and oxygen atoms in total. The molecule has 14 heavy (non-hydrogen) atoms. The summed E-state index contributed by atoms with van der Waals surface area (Å²) in [4.78, 5) is 10.2. The van der Waals surface area contributed by atoms with E-state index >= 15 is 0 Å². The van der Waals surface area contributed by atoms with E-state index in [0.29, 0.717) is 0 Å². The molecule has 0 spiro atoms. The van der Waals surface area contributed by atoms with Crippen LogP contribution in [0.1, 0.15) is 12.5 Å². The van der Waals surface area contributed by atoms with Gasteiger partial charge in [0.2, 0.25) is 6.41 Å². The Morgan fingerprint density at radius 2 is 2.07 bits per heavy atom. The summed E-state index contributed by atoms with van der Waals surface area (Å²) in [6.45, 7) is 1.97. The maximum atomic E-state index is 10.2. The third kappa shape index (κ3) is 3.09. The molecular weight excluding hydrogens is 178 g/mol. The van der Waals surface area contributed by atoms with E-state index in [0.717, 1.165) is 18.6 Å².